The number of aryl methyl sites for hydroxylation is 1. The Kier molecular flexibility index (Phi) is 4.11. The number of rotatable bonds is 2. The molecule has 0 bridgehead atoms. The highest BCUT2D eigenvalue weighted by atomic mass is 35.5. The van der Waals surface area contributed by atoms with Gasteiger partial charge < -0.3 is 4.98 Å². The molecule has 3 aromatic heterocycles. The van der Waals surface area contributed by atoms with E-state index >= 15 is 0 Å². The molecule has 5 nitrogen and oxygen atoms in total. The molecule has 0 saturated carbocycles. The number of hydrogen-bond donors (Lipinski definition) is 1. The minimum Gasteiger partial charge on any atom is -0.305 e. The number of aromatic amines is 1. The van der Waals surface area contributed by atoms with E-state index in [-0.39, 0.29) is 5.56 Å². The molecule has 0 spiro atoms. The zero-order valence-corrected chi connectivity index (χ0v) is 16.2. The summed E-state index contributed by atoms with van der Waals surface area (Å²) in [6.45, 7) is 2.03. The minimum absolute atomic E-state index is 0.214. The standard InChI is InChI=1S/C23H15ClN4O/c1-13-9-10-25-22-16(13)11-15(12-17(22)24)21-20(14-5-3-2-4-6-14)28-23-18(26-21)7-8-19(29)27-23/h2-12H,1H3,(H,27,28,29). The smallest absolute Gasteiger partial charge is 0.249 e. The maximum absolute atomic E-state index is 11.8. The minimum atomic E-state index is -0.214. The maximum Gasteiger partial charge on any atom is 0.249 e. The third-order valence-electron chi connectivity index (χ3n) is 4.89. The van der Waals surface area contributed by atoms with E-state index in [0.717, 1.165) is 27.6 Å². The largest absolute Gasteiger partial charge is 0.305 e. The number of H-pyrrole nitrogens is 1. The van der Waals surface area contributed by atoms with Crippen LogP contribution in [0.25, 0.3) is 44.6 Å². The van der Waals surface area contributed by atoms with Gasteiger partial charge >= 0.3 is 0 Å². The van der Waals surface area contributed by atoms with Crippen molar-refractivity contribution in [2.24, 2.45) is 0 Å². The van der Waals surface area contributed by atoms with Gasteiger partial charge in [-0.25, -0.2) is 9.97 Å². The van der Waals surface area contributed by atoms with E-state index in [0.29, 0.717) is 27.6 Å². The van der Waals surface area contributed by atoms with Crippen LogP contribution in [0, 0.1) is 6.92 Å². The first-order valence-electron chi connectivity index (χ1n) is 9.12. The predicted octanol–water partition coefficient (Wildman–Crippen LogP) is 5.16. The molecule has 1 N–H and O–H groups in total. The van der Waals surface area contributed by atoms with Crippen molar-refractivity contribution in [2.45, 2.75) is 6.92 Å². The quantitative estimate of drug-likeness (QED) is 0.445. The topological polar surface area (TPSA) is 71.5 Å². The van der Waals surface area contributed by atoms with Crippen LogP contribution < -0.4 is 5.56 Å². The number of aromatic nitrogens is 4. The van der Waals surface area contributed by atoms with Gasteiger partial charge in [-0.3, -0.25) is 9.78 Å². The molecule has 0 saturated heterocycles. The Hall–Kier alpha value is -3.57. The third-order valence-corrected chi connectivity index (χ3v) is 5.18. The number of halogens is 1. The lowest BCUT2D eigenvalue weighted by molar-refractivity contribution is 1.19. The molecular formula is C23H15ClN4O. The van der Waals surface area contributed by atoms with Crippen LogP contribution in [0.1, 0.15) is 5.56 Å². The van der Waals surface area contributed by atoms with E-state index < -0.39 is 0 Å². The first-order chi connectivity index (χ1) is 14.1. The summed E-state index contributed by atoms with van der Waals surface area (Å²) in [5.41, 5.74) is 5.81. The van der Waals surface area contributed by atoms with Crippen molar-refractivity contribution in [3.8, 4) is 22.5 Å². The number of fused-ring (bicyclic) bond motifs is 2. The van der Waals surface area contributed by atoms with Crippen LogP contribution in [0.4, 0.5) is 0 Å². The first kappa shape index (κ1) is 17.5. The zero-order chi connectivity index (χ0) is 20.0. The summed E-state index contributed by atoms with van der Waals surface area (Å²) >= 11 is 6.56. The van der Waals surface area contributed by atoms with Crippen molar-refractivity contribution in [3.63, 3.8) is 0 Å². The van der Waals surface area contributed by atoms with Crippen LogP contribution in [0.15, 0.2) is 71.7 Å². The second-order valence-electron chi connectivity index (χ2n) is 6.83. The average Bonchev–Trinajstić information content (AvgIpc) is 2.74. The lowest BCUT2D eigenvalue weighted by Crippen LogP contribution is -2.06. The van der Waals surface area contributed by atoms with E-state index in [4.69, 9.17) is 21.6 Å². The van der Waals surface area contributed by atoms with Gasteiger partial charge in [0.2, 0.25) is 5.56 Å². The van der Waals surface area contributed by atoms with E-state index in [1.165, 1.54) is 6.07 Å². The Balaban J connectivity index is 1.87. The number of nitrogens with one attached hydrogen (secondary N) is 1. The molecule has 0 aliphatic rings. The van der Waals surface area contributed by atoms with Gasteiger partial charge in [0.1, 0.15) is 5.52 Å². The van der Waals surface area contributed by atoms with Gasteiger partial charge in [0.05, 0.1) is 21.9 Å². The Morgan fingerprint density at radius 1 is 0.897 bits per heavy atom. The van der Waals surface area contributed by atoms with Gasteiger partial charge in [0.25, 0.3) is 0 Å². The van der Waals surface area contributed by atoms with Crippen LogP contribution in [0.2, 0.25) is 5.02 Å². The van der Waals surface area contributed by atoms with Crippen LogP contribution in [0.5, 0.6) is 0 Å². The Morgan fingerprint density at radius 3 is 2.52 bits per heavy atom. The summed E-state index contributed by atoms with van der Waals surface area (Å²) in [5, 5.41) is 1.53. The molecule has 0 amide bonds. The molecule has 3 heterocycles. The molecule has 29 heavy (non-hydrogen) atoms. The number of pyridine rings is 2. The van der Waals surface area contributed by atoms with Gasteiger partial charge in [-0.2, -0.15) is 0 Å². The lowest BCUT2D eigenvalue weighted by atomic mass is 10.0. The normalized spacial score (nSPS) is 11.2. The Labute approximate surface area is 171 Å². The number of hydrogen-bond acceptors (Lipinski definition) is 4. The van der Waals surface area contributed by atoms with Crippen molar-refractivity contribution in [3.05, 3.63) is 87.8 Å². The fourth-order valence-corrected chi connectivity index (χ4v) is 3.72. The first-order valence-corrected chi connectivity index (χ1v) is 9.50. The monoisotopic (exact) mass is 398 g/mol. The van der Waals surface area contributed by atoms with Crippen LogP contribution >= 0.6 is 11.6 Å². The van der Waals surface area contributed by atoms with Crippen LogP contribution in [0.3, 0.4) is 0 Å². The Bertz CT molecular complexity index is 1440. The zero-order valence-electron chi connectivity index (χ0n) is 15.5. The summed E-state index contributed by atoms with van der Waals surface area (Å²) in [5.74, 6) is 0. The molecule has 5 rings (SSSR count). The SMILES string of the molecule is Cc1ccnc2c(Cl)cc(-c3nc4ccc(=O)[nH]c4nc3-c3ccccc3)cc12. The lowest BCUT2D eigenvalue weighted by Gasteiger charge is -2.12. The predicted molar refractivity (Wildman–Crippen MR) is 116 cm³/mol. The van der Waals surface area contributed by atoms with Crippen LogP contribution in [-0.2, 0) is 0 Å². The second-order valence-corrected chi connectivity index (χ2v) is 7.23. The van der Waals surface area contributed by atoms with Gasteiger partial charge in [0, 0.05) is 28.8 Å². The van der Waals surface area contributed by atoms with Crippen LogP contribution in [-0.4, -0.2) is 19.9 Å². The maximum atomic E-state index is 11.8. The van der Waals surface area contributed by atoms with E-state index in [1.54, 1.807) is 12.3 Å². The van der Waals surface area contributed by atoms with Crippen molar-refractivity contribution in [1.82, 2.24) is 19.9 Å². The summed E-state index contributed by atoms with van der Waals surface area (Å²) in [6, 6.07) is 18.8. The van der Waals surface area contributed by atoms with Gasteiger partial charge in [-0.05, 0) is 36.8 Å². The third kappa shape index (κ3) is 3.05. The molecule has 0 aliphatic carbocycles. The fourth-order valence-electron chi connectivity index (χ4n) is 3.45. The highest BCUT2D eigenvalue weighted by molar-refractivity contribution is 6.35. The summed E-state index contributed by atoms with van der Waals surface area (Å²) in [6.07, 6.45) is 1.75. The second kappa shape index (κ2) is 6.79. The molecule has 6 heteroatoms. The van der Waals surface area contributed by atoms with Gasteiger partial charge in [-0.15, -0.1) is 0 Å². The molecule has 0 atom stereocenters. The fraction of sp³-hybridized carbons (Fsp3) is 0.0435. The molecule has 140 valence electrons. The summed E-state index contributed by atoms with van der Waals surface area (Å²) in [4.78, 5) is 28.5. The van der Waals surface area contributed by atoms with Gasteiger partial charge in [0.15, 0.2) is 5.65 Å². The molecule has 5 aromatic rings. The molecule has 2 aromatic carbocycles. The summed E-state index contributed by atoms with van der Waals surface area (Å²) < 4.78 is 0. The summed E-state index contributed by atoms with van der Waals surface area (Å²) in [7, 11) is 0. The van der Waals surface area contributed by atoms with Crippen molar-refractivity contribution < 1.29 is 0 Å². The highest BCUT2D eigenvalue weighted by Crippen LogP contribution is 2.35. The number of benzene rings is 2. The van der Waals surface area contributed by atoms with Crippen molar-refractivity contribution in [1.29, 1.82) is 0 Å². The molecular weight excluding hydrogens is 384 g/mol. The van der Waals surface area contributed by atoms with E-state index in [2.05, 4.69) is 9.97 Å². The van der Waals surface area contributed by atoms with Gasteiger partial charge in [-0.1, -0.05) is 41.9 Å². The van der Waals surface area contributed by atoms with E-state index in [1.807, 2.05) is 55.5 Å². The molecule has 0 unspecified atom stereocenters. The molecule has 0 radical (unpaired) electrons. The Morgan fingerprint density at radius 2 is 1.69 bits per heavy atom. The van der Waals surface area contributed by atoms with Crippen molar-refractivity contribution in [2.75, 3.05) is 0 Å². The average molecular weight is 399 g/mol. The van der Waals surface area contributed by atoms with E-state index in [9.17, 15) is 4.79 Å². The molecule has 0 fully saturated rings. The highest BCUT2D eigenvalue weighted by Gasteiger charge is 2.16. The van der Waals surface area contributed by atoms with Crippen molar-refractivity contribution >= 4 is 33.7 Å². The molecule has 0 aliphatic heterocycles. The number of nitrogens with zero attached hydrogens (tertiary/aromatic N) is 3.